The molecule has 0 saturated carbocycles. The second-order valence-corrected chi connectivity index (χ2v) is 4.60. The van der Waals surface area contributed by atoms with E-state index in [1.165, 1.54) is 0 Å². The fourth-order valence-electron chi connectivity index (χ4n) is 1.92. The van der Waals surface area contributed by atoms with Crippen molar-refractivity contribution >= 4 is 15.9 Å². The summed E-state index contributed by atoms with van der Waals surface area (Å²) in [5.41, 5.74) is 2.09. The Morgan fingerprint density at radius 3 is 3.00 bits per heavy atom. The molecule has 88 valence electrons. The molecular formula is C11H14BrNO3. The zero-order valence-corrected chi connectivity index (χ0v) is 10.8. The highest BCUT2D eigenvalue weighted by Crippen LogP contribution is 2.44. The maximum atomic E-state index is 5.72. The third-order valence-electron chi connectivity index (χ3n) is 2.62. The molecule has 0 amide bonds. The van der Waals surface area contributed by atoms with Crippen LogP contribution in [0.4, 0.5) is 0 Å². The van der Waals surface area contributed by atoms with E-state index in [4.69, 9.17) is 15.4 Å². The monoisotopic (exact) mass is 287 g/mol. The first-order valence-electron chi connectivity index (χ1n) is 5.04. The van der Waals surface area contributed by atoms with Gasteiger partial charge < -0.3 is 9.47 Å². The zero-order valence-electron chi connectivity index (χ0n) is 9.25. The minimum atomic E-state index is 0.175. The molecule has 2 rings (SSSR count). The molecule has 1 aliphatic rings. The van der Waals surface area contributed by atoms with Gasteiger partial charge in [0.2, 0.25) is 0 Å². The molecule has 4 nitrogen and oxygen atoms in total. The van der Waals surface area contributed by atoms with E-state index >= 15 is 0 Å². The number of fused-ring (bicyclic) bond motifs is 1. The first-order valence-corrected chi connectivity index (χ1v) is 5.83. The summed E-state index contributed by atoms with van der Waals surface area (Å²) in [5.74, 6) is 6.65. The lowest BCUT2D eigenvalue weighted by atomic mass is 10.1. The Balaban J connectivity index is 2.50. The van der Waals surface area contributed by atoms with E-state index < -0.39 is 0 Å². The summed E-state index contributed by atoms with van der Waals surface area (Å²) in [4.78, 5) is 4.67. The normalized spacial score (nSPS) is 18.1. The zero-order chi connectivity index (χ0) is 11.7. The van der Waals surface area contributed by atoms with Gasteiger partial charge in [-0.25, -0.2) is 5.90 Å². The number of hydrogen-bond donors (Lipinski definition) is 1. The SMILES string of the molecule is COc1cc(CON)c(Br)c2c1OC(C)C2. The van der Waals surface area contributed by atoms with Crippen LogP contribution >= 0.6 is 15.9 Å². The molecule has 0 radical (unpaired) electrons. The van der Waals surface area contributed by atoms with Crippen LogP contribution in [0.3, 0.4) is 0 Å². The Morgan fingerprint density at radius 2 is 2.38 bits per heavy atom. The van der Waals surface area contributed by atoms with Crippen molar-refractivity contribution in [1.29, 1.82) is 0 Å². The van der Waals surface area contributed by atoms with Crippen LogP contribution in [0.2, 0.25) is 0 Å². The van der Waals surface area contributed by atoms with Crippen LogP contribution in [0.15, 0.2) is 10.5 Å². The van der Waals surface area contributed by atoms with Gasteiger partial charge in [-0.3, -0.25) is 4.84 Å². The van der Waals surface area contributed by atoms with E-state index in [0.717, 1.165) is 33.5 Å². The summed E-state index contributed by atoms with van der Waals surface area (Å²) >= 11 is 3.55. The lowest BCUT2D eigenvalue weighted by Crippen LogP contribution is -2.05. The van der Waals surface area contributed by atoms with Crippen LogP contribution in [0, 0.1) is 0 Å². The summed E-state index contributed by atoms with van der Waals surface area (Å²) < 4.78 is 12.0. The average Bonchev–Trinajstić information content (AvgIpc) is 2.65. The first-order chi connectivity index (χ1) is 7.67. The van der Waals surface area contributed by atoms with E-state index in [-0.39, 0.29) is 6.10 Å². The number of ether oxygens (including phenoxy) is 2. The molecule has 1 unspecified atom stereocenters. The molecule has 16 heavy (non-hydrogen) atoms. The molecule has 0 spiro atoms. The highest BCUT2D eigenvalue weighted by atomic mass is 79.9. The van der Waals surface area contributed by atoms with Gasteiger partial charge in [0.15, 0.2) is 11.5 Å². The van der Waals surface area contributed by atoms with Crippen molar-refractivity contribution in [2.24, 2.45) is 5.90 Å². The lowest BCUT2D eigenvalue weighted by Gasteiger charge is -2.12. The van der Waals surface area contributed by atoms with Crippen molar-refractivity contribution in [1.82, 2.24) is 0 Å². The van der Waals surface area contributed by atoms with Crippen LogP contribution in [-0.2, 0) is 17.9 Å². The second-order valence-electron chi connectivity index (χ2n) is 3.80. The number of rotatable bonds is 3. The number of hydrogen-bond acceptors (Lipinski definition) is 4. The van der Waals surface area contributed by atoms with Crippen LogP contribution in [0.1, 0.15) is 18.1 Å². The highest BCUT2D eigenvalue weighted by Gasteiger charge is 2.27. The summed E-state index contributed by atoms with van der Waals surface area (Å²) in [6.07, 6.45) is 1.04. The Morgan fingerprint density at radius 1 is 1.62 bits per heavy atom. The first kappa shape index (κ1) is 11.7. The Kier molecular flexibility index (Phi) is 3.37. The predicted molar refractivity (Wildman–Crippen MR) is 63.5 cm³/mol. The van der Waals surface area contributed by atoms with Gasteiger partial charge in [-0.05, 0) is 34.5 Å². The minimum absolute atomic E-state index is 0.175. The number of nitrogens with two attached hydrogens (primary N) is 1. The quantitative estimate of drug-likeness (QED) is 0.866. The summed E-state index contributed by atoms with van der Waals surface area (Å²) in [7, 11) is 1.63. The molecule has 0 aliphatic carbocycles. The summed E-state index contributed by atoms with van der Waals surface area (Å²) in [6.45, 7) is 2.38. The van der Waals surface area contributed by atoms with Crippen molar-refractivity contribution in [2.75, 3.05) is 7.11 Å². The Labute approximate surface area is 103 Å². The Hall–Kier alpha value is -0.780. The van der Waals surface area contributed by atoms with Gasteiger partial charge in [0.25, 0.3) is 0 Å². The molecule has 1 atom stereocenters. The van der Waals surface area contributed by atoms with Crippen molar-refractivity contribution < 1.29 is 14.3 Å². The summed E-state index contributed by atoms with van der Waals surface area (Å²) in [5, 5.41) is 0. The fraction of sp³-hybridized carbons (Fsp3) is 0.455. The van der Waals surface area contributed by atoms with Gasteiger partial charge in [-0.2, -0.15) is 0 Å². The fourth-order valence-corrected chi connectivity index (χ4v) is 2.49. The molecular weight excluding hydrogens is 274 g/mol. The molecule has 1 aromatic rings. The molecule has 0 saturated heterocycles. The predicted octanol–water partition coefficient (Wildman–Crippen LogP) is 2.17. The molecule has 0 aromatic heterocycles. The van der Waals surface area contributed by atoms with Crippen molar-refractivity contribution in [3.8, 4) is 11.5 Å². The van der Waals surface area contributed by atoms with E-state index in [9.17, 15) is 0 Å². The number of benzene rings is 1. The van der Waals surface area contributed by atoms with Gasteiger partial charge in [-0.1, -0.05) is 0 Å². The van der Waals surface area contributed by atoms with E-state index in [1.54, 1.807) is 7.11 Å². The maximum Gasteiger partial charge on any atom is 0.166 e. The maximum absolute atomic E-state index is 5.72. The van der Waals surface area contributed by atoms with Crippen molar-refractivity contribution in [3.63, 3.8) is 0 Å². The van der Waals surface area contributed by atoms with Gasteiger partial charge in [0.05, 0.1) is 13.7 Å². The van der Waals surface area contributed by atoms with Crippen LogP contribution in [0.5, 0.6) is 11.5 Å². The minimum Gasteiger partial charge on any atom is -0.493 e. The Bertz CT molecular complexity index is 409. The number of halogens is 1. The van der Waals surface area contributed by atoms with Gasteiger partial charge in [-0.15, -0.1) is 0 Å². The van der Waals surface area contributed by atoms with Gasteiger partial charge in [0.1, 0.15) is 6.10 Å². The van der Waals surface area contributed by atoms with Crippen molar-refractivity contribution in [2.45, 2.75) is 26.1 Å². The molecule has 1 aliphatic heterocycles. The topological polar surface area (TPSA) is 53.7 Å². The van der Waals surface area contributed by atoms with Gasteiger partial charge >= 0.3 is 0 Å². The van der Waals surface area contributed by atoms with E-state index in [1.807, 2.05) is 13.0 Å². The molecule has 2 N–H and O–H groups in total. The summed E-state index contributed by atoms with van der Waals surface area (Å²) in [6, 6.07) is 1.88. The molecule has 1 heterocycles. The highest BCUT2D eigenvalue weighted by molar-refractivity contribution is 9.10. The van der Waals surface area contributed by atoms with Crippen molar-refractivity contribution in [3.05, 3.63) is 21.7 Å². The smallest absolute Gasteiger partial charge is 0.166 e. The lowest BCUT2D eigenvalue weighted by molar-refractivity contribution is 0.123. The number of methoxy groups -OCH3 is 1. The van der Waals surface area contributed by atoms with E-state index in [0.29, 0.717) is 6.61 Å². The molecule has 0 bridgehead atoms. The van der Waals surface area contributed by atoms with Crippen LogP contribution in [-0.4, -0.2) is 13.2 Å². The second kappa shape index (κ2) is 4.61. The standard InChI is InChI=1S/C11H14BrNO3/c1-6-3-8-10(12)7(5-15-13)4-9(14-2)11(8)16-6/h4,6H,3,5,13H2,1-2H3. The molecule has 0 fully saturated rings. The molecule has 5 heteroatoms. The van der Waals surface area contributed by atoms with Crippen LogP contribution < -0.4 is 15.4 Å². The van der Waals surface area contributed by atoms with E-state index in [2.05, 4.69) is 20.8 Å². The average molecular weight is 288 g/mol. The van der Waals surface area contributed by atoms with Crippen LogP contribution in [0.25, 0.3) is 0 Å². The van der Waals surface area contributed by atoms with Gasteiger partial charge in [0, 0.05) is 16.5 Å². The third kappa shape index (κ3) is 1.90. The largest absolute Gasteiger partial charge is 0.493 e. The third-order valence-corrected chi connectivity index (χ3v) is 3.61. The molecule has 1 aromatic carbocycles.